The van der Waals surface area contributed by atoms with Crippen molar-refractivity contribution in [3.8, 4) is 0 Å². The lowest BCUT2D eigenvalue weighted by atomic mass is 10.5. The van der Waals surface area contributed by atoms with Crippen LogP contribution < -0.4 is 5.32 Å². The standard InChI is InChI=1S/C7H12N2O6/c10-5(11)3-8-1-2-9(7(14)15)4-6(12)13/h8H,1-4H2,(H,10,11)(H,12,13)(H,14,15). The van der Waals surface area contributed by atoms with E-state index >= 15 is 0 Å². The van der Waals surface area contributed by atoms with E-state index < -0.39 is 24.6 Å². The Labute approximate surface area is 85.1 Å². The fraction of sp³-hybridized carbons (Fsp3) is 0.571. The first-order chi connectivity index (χ1) is 6.93. The number of carbonyl (C=O) groups is 3. The highest BCUT2D eigenvalue weighted by Gasteiger charge is 2.14. The van der Waals surface area contributed by atoms with Crippen molar-refractivity contribution in [3.05, 3.63) is 0 Å². The zero-order chi connectivity index (χ0) is 11.8. The van der Waals surface area contributed by atoms with E-state index in [2.05, 4.69) is 5.32 Å². The predicted octanol–water partition coefficient (Wildman–Crippen LogP) is -1.27. The van der Waals surface area contributed by atoms with Crippen molar-refractivity contribution in [2.24, 2.45) is 0 Å². The van der Waals surface area contributed by atoms with Crippen LogP contribution in [0, 0.1) is 0 Å². The number of carboxylic acid groups (broad SMARTS) is 3. The molecular weight excluding hydrogens is 208 g/mol. The molecule has 0 fully saturated rings. The predicted molar refractivity (Wildman–Crippen MR) is 47.7 cm³/mol. The number of hydrogen-bond acceptors (Lipinski definition) is 4. The Hall–Kier alpha value is -1.83. The van der Waals surface area contributed by atoms with Crippen LogP contribution in [0.4, 0.5) is 4.79 Å². The molecule has 4 N–H and O–H groups in total. The molecule has 0 aliphatic carbocycles. The minimum Gasteiger partial charge on any atom is -0.480 e. The van der Waals surface area contributed by atoms with Crippen LogP contribution in [-0.4, -0.2) is 64.4 Å². The van der Waals surface area contributed by atoms with Gasteiger partial charge in [-0.2, -0.15) is 0 Å². The van der Waals surface area contributed by atoms with Crippen molar-refractivity contribution < 1.29 is 29.7 Å². The number of carboxylic acids is 2. The Morgan fingerprint density at radius 1 is 1.07 bits per heavy atom. The Balaban J connectivity index is 3.81. The first kappa shape index (κ1) is 13.2. The number of nitrogens with zero attached hydrogens (tertiary/aromatic N) is 1. The summed E-state index contributed by atoms with van der Waals surface area (Å²) in [6, 6.07) is 0. The van der Waals surface area contributed by atoms with Gasteiger partial charge in [-0.1, -0.05) is 0 Å². The Kier molecular flexibility index (Phi) is 5.79. The monoisotopic (exact) mass is 220 g/mol. The van der Waals surface area contributed by atoms with Crippen LogP contribution in [0.1, 0.15) is 0 Å². The zero-order valence-electron chi connectivity index (χ0n) is 7.84. The van der Waals surface area contributed by atoms with Gasteiger partial charge in [0, 0.05) is 13.1 Å². The highest BCUT2D eigenvalue weighted by Crippen LogP contribution is 1.88. The number of nitrogens with one attached hydrogen (secondary N) is 1. The number of aliphatic carboxylic acids is 2. The second-order valence-electron chi connectivity index (χ2n) is 2.67. The zero-order valence-corrected chi connectivity index (χ0v) is 7.84. The average molecular weight is 220 g/mol. The van der Waals surface area contributed by atoms with E-state index in [-0.39, 0.29) is 19.6 Å². The molecule has 0 saturated carbocycles. The fourth-order valence-electron chi connectivity index (χ4n) is 0.815. The highest BCUT2D eigenvalue weighted by molar-refractivity contribution is 5.75. The van der Waals surface area contributed by atoms with Crippen molar-refractivity contribution in [1.82, 2.24) is 10.2 Å². The van der Waals surface area contributed by atoms with Crippen molar-refractivity contribution >= 4 is 18.0 Å². The van der Waals surface area contributed by atoms with E-state index in [0.29, 0.717) is 4.90 Å². The maximum Gasteiger partial charge on any atom is 0.407 e. The first-order valence-corrected chi connectivity index (χ1v) is 4.05. The van der Waals surface area contributed by atoms with Gasteiger partial charge in [0.15, 0.2) is 0 Å². The summed E-state index contributed by atoms with van der Waals surface area (Å²) in [6.07, 6.45) is -1.35. The molecule has 0 heterocycles. The van der Waals surface area contributed by atoms with Gasteiger partial charge in [0.05, 0.1) is 6.54 Å². The molecule has 0 unspecified atom stereocenters. The van der Waals surface area contributed by atoms with Gasteiger partial charge < -0.3 is 20.6 Å². The molecule has 86 valence electrons. The van der Waals surface area contributed by atoms with Gasteiger partial charge in [0.2, 0.25) is 0 Å². The second-order valence-corrected chi connectivity index (χ2v) is 2.67. The molecule has 0 aromatic heterocycles. The molecule has 0 aliphatic heterocycles. The van der Waals surface area contributed by atoms with Gasteiger partial charge >= 0.3 is 18.0 Å². The molecule has 0 spiro atoms. The average Bonchev–Trinajstić information content (AvgIpc) is 2.08. The van der Waals surface area contributed by atoms with Crippen molar-refractivity contribution in [1.29, 1.82) is 0 Å². The van der Waals surface area contributed by atoms with Crippen LogP contribution in [0.15, 0.2) is 0 Å². The maximum absolute atomic E-state index is 10.5. The molecule has 0 aliphatic rings. The first-order valence-electron chi connectivity index (χ1n) is 4.05. The summed E-state index contributed by atoms with van der Waals surface area (Å²) in [4.78, 5) is 31.5. The van der Waals surface area contributed by atoms with Crippen LogP contribution in [0.3, 0.4) is 0 Å². The van der Waals surface area contributed by atoms with Crippen molar-refractivity contribution in [3.63, 3.8) is 0 Å². The molecule has 0 radical (unpaired) electrons. The number of amides is 1. The summed E-state index contributed by atoms with van der Waals surface area (Å²) in [6.45, 7) is -0.897. The smallest absolute Gasteiger partial charge is 0.407 e. The maximum atomic E-state index is 10.5. The van der Waals surface area contributed by atoms with Crippen molar-refractivity contribution in [2.45, 2.75) is 0 Å². The molecule has 0 bridgehead atoms. The summed E-state index contributed by atoms with van der Waals surface area (Å²) < 4.78 is 0. The van der Waals surface area contributed by atoms with Gasteiger partial charge in [0.25, 0.3) is 0 Å². The van der Waals surface area contributed by atoms with Gasteiger partial charge in [-0.25, -0.2) is 4.79 Å². The SMILES string of the molecule is O=C(O)CNCCN(CC(=O)O)C(=O)O. The minimum atomic E-state index is -1.35. The van der Waals surface area contributed by atoms with E-state index in [0.717, 1.165) is 0 Å². The van der Waals surface area contributed by atoms with E-state index in [1.165, 1.54) is 0 Å². The topological polar surface area (TPSA) is 127 Å². The van der Waals surface area contributed by atoms with Gasteiger partial charge in [-0.05, 0) is 0 Å². The van der Waals surface area contributed by atoms with Crippen LogP contribution in [0.2, 0.25) is 0 Å². The molecule has 0 aromatic rings. The van der Waals surface area contributed by atoms with Gasteiger partial charge in [-0.3, -0.25) is 14.5 Å². The lowest BCUT2D eigenvalue weighted by Gasteiger charge is -2.16. The van der Waals surface area contributed by atoms with E-state index in [4.69, 9.17) is 15.3 Å². The van der Waals surface area contributed by atoms with Crippen LogP contribution >= 0.6 is 0 Å². The van der Waals surface area contributed by atoms with Crippen LogP contribution in [-0.2, 0) is 9.59 Å². The van der Waals surface area contributed by atoms with Gasteiger partial charge in [-0.15, -0.1) is 0 Å². The summed E-state index contributed by atoms with van der Waals surface area (Å²) in [5, 5.41) is 27.6. The van der Waals surface area contributed by atoms with E-state index in [9.17, 15) is 14.4 Å². The minimum absolute atomic E-state index is 0.0745. The molecule has 8 heteroatoms. The molecule has 0 aromatic carbocycles. The normalized spacial score (nSPS) is 9.60. The molecule has 0 atom stereocenters. The molecular formula is C7H12N2O6. The summed E-state index contributed by atoms with van der Waals surface area (Å²) >= 11 is 0. The summed E-state index contributed by atoms with van der Waals surface area (Å²) in [5.74, 6) is -2.31. The molecule has 0 saturated heterocycles. The van der Waals surface area contributed by atoms with Crippen LogP contribution in [0.5, 0.6) is 0 Å². The lowest BCUT2D eigenvalue weighted by Crippen LogP contribution is -2.40. The third kappa shape index (κ3) is 7.26. The Bertz CT molecular complexity index is 254. The van der Waals surface area contributed by atoms with Crippen molar-refractivity contribution in [2.75, 3.05) is 26.2 Å². The third-order valence-electron chi connectivity index (χ3n) is 1.43. The Morgan fingerprint density at radius 2 is 1.67 bits per heavy atom. The second kappa shape index (κ2) is 6.60. The summed E-state index contributed by atoms with van der Waals surface area (Å²) in [7, 11) is 0. The van der Waals surface area contributed by atoms with Gasteiger partial charge in [0.1, 0.15) is 6.54 Å². The quantitative estimate of drug-likeness (QED) is 0.393. The number of hydrogen-bond donors (Lipinski definition) is 4. The molecule has 15 heavy (non-hydrogen) atoms. The van der Waals surface area contributed by atoms with Crippen LogP contribution in [0.25, 0.3) is 0 Å². The summed E-state index contributed by atoms with van der Waals surface area (Å²) in [5.41, 5.74) is 0. The molecule has 1 amide bonds. The third-order valence-corrected chi connectivity index (χ3v) is 1.43. The number of rotatable bonds is 7. The Morgan fingerprint density at radius 3 is 2.07 bits per heavy atom. The molecule has 0 rings (SSSR count). The van der Waals surface area contributed by atoms with E-state index in [1.807, 2.05) is 0 Å². The largest absolute Gasteiger partial charge is 0.480 e. The lowest BCUT2D eigenvalue weighted by molar-refractivity contribution is -0.138. The molecule has 8 nitrogen and oxygen atoms in total. The fourth-order valence-corrected chi connectivity index (χ4v) is 0.815. The van der Waals surface area contributed by atoms with E-state index in [1.54, 1.807) is 0 Å². The highest BCUT2D eigenvalue weighted by atomic mass is 16.4.